The van der Waals surface area contributed by atoms with Crippen molar-refractivity contribution >= 4 is 39.0 Å². The molecule has 0 bridgehead atoms. The van der Waals surface area contributed by atoms with Gasteiger partial charge in [-0.05, 0) is 38.1 Å². The average Bonchev–Trinajstić information content (AvgIpc) is 3.08. The van der Waals surface area contributed by atoms with E-state index >= 15 is 4.39 Å². The largest absolute Gasteiger partial charge is 0.368 e. The van der Waals surface area contributed by atoms with Crippen LogP contribution in [0.5, 0.6) is 0 Å². The third-order valence-corrected chi connectivity index (χ3v) is 5.54. The predicted molar refractivity (Wildman–Crippen MR) is 118 cm³/mol. The maximum Gasteiger partial charge on any atom is 0.153 e. The molecule has 1 aliphatic heterocycles. The van der Waals surface area contributed by atoms with Crippen LogP contribution >= 0.6 is 0 Å². The van der Waals surface area contributed by atoms with Crippen LogP contribution in [-0.4, -0.2) is 44.9 Å². The van der Waals surface area contributed by atoms with E-state index in [0.29, 0.717) is 34.5 Å². The van der Waals surface area contributed by atoms with Gasteiger partial charge in [-0.15, -0.1) is 0 Å². The lowest BCUT2D eigenvalue weighted by Crippen LogP contribution is -2.54. The number of hydrogen-bond acceptors (Lipinski definition) is 6. The molecule has 4 aromatic rings. The molecule has 31 heavy (non-hydrogen) atoms. The summed E-state index contributed by atoms with van der Waals surface area (Å²) in [4.78, 5) is 10.7. The van der Waals surface area contributed by atoms with Gasteiger partial charge in [0, 0.05) is 55.2 Å². The van der Waals surface area contributed by atoms with E-state index in [1.54, 1.807) is 24.0 Å². The molecule has 2 atom stereocenters. The highest BCUT2D eigenvalue weighted by Gasteiger charge is 2.23. The van der Waals surface area contributed by atoms with Crippen LogP contribution in [-0.2, 0) is 7.05 Å². The molecular weight excluding hydrogens is 400 g/mol. The lowest BCUT2D eigenvalue weighted by atomic mass is 10.1. The topological polar surface area (TPSA) is 70.9 Å². The molecule has 3 heterocycles. The molecule has 2 N–H and O–H groups in total. The first kappa shape index (κ1) is 19.6. The number of rotatable bonds is 3. The Morgan fingerprint density at radius 3 is 2.58 bits per heavy atom. The van der Waals surface area contributed by atoms with Crippen LogP contribution in [0.2, 0.25) is 0 Å². The quantitative estimate of drug-likeness (QED) is 0.523. The highest BCUT2D eigenvalue weighted by molar-refractivity contribution is 5.94. The number of nitrogens with one attached hydrogen (secondary N) is 2. The van der Waals surface area contributed by atoms with E-state index in [4.69, 9.17) is 0 Å². The fourth-order valence-electron chi connectivity index (χ4n) is 4.36. The summed E-state index contributed by atoms with van der Waals surface area (Å²) in [6.07, 6.45) is 3.11. The minimum absolute atomic E-state index is 0.272. The zero-order valence-electron chi connectivity index (χ0n) is 17.5. The lowest BCUT2D eigenvalue weighted by Gasteiger charge is -2.37. The molecule has 9 heteroatoms. The molecule has 0 aliphatic carbocycles. The van der Waals surface area contributed by atoms with Gasteiger partial charge in [0.25, 0.3) is 0 Å². The molecular formula is C22H23F2N7. The number of nitrogens with zero attached hydrogens (tertiary/aromatic N) is 5. The van der Waals surface area contributed by atoms with Crippen molar-refractivity contribution in [2.24, 2.45) is 7.05 Å². The summed E-state index contributed by atoms with van der Waals surface area (Å²) in [5.74, 6) is -0.584. The summed E-state index contributed by atoms with van der Waals surface area (Å²) >= 11 is 0. The van der Waals surface area contributed by atoms with Crippen LogP contribution in [0, 0.1) is 11.6 Å². The number of aryl methyl sites for hydroxylation is 1. The van der Waals surface area contributed by atoms with E-state index in [-0.39, 0.29) is 10.9 Å². The van der Waals surface area contributed by atoms with Gasteiger partial charge in [0.1, 0.15) is 23.5 Å². The number of piperazine rings is 1. The highest BCUT2D eigenvalue weighted by atomic mass is 19.1. The minimum Gasteiger partial charge on any atom is -0.368 e. The van der Waals surface area contributed by atoms with Crippen LogP contribution in [0.25, 0.3) is 21.8 Å². The van der Waals surface area contributed by atoms with E-state index in [1.807, 2.05) is 6.07 Å². The number of benzene rings is 2. The van der Waals surface area contributed by atoms with Crippen LogP contribution < -0.4 is 15.5 Å². The zero-order valence-corrected chi connectivity index (χ0v) is 17.5. The molecule has 0 spiro atoms. The van der Waals surface area contributed by atoms with Crippen molar-refractivity contribution in [1.82, 2.24) is 25.1 Å². The Hall–Kier alpha value is -3.33. The lowest BCUT2D eigenvalue weighted by molar-refractivity contribution is 0.407. The van der Waals surface area contributed by atoms with Crippen molar-refractivity contribution in [1.29, 1.82) is 0 Å². The number of halogens is 2. The summed E-state index contributed by atoms with van der Waals surface area (Å²) < 4.78 is 31.2. The van der Waals surface area contributed by atoms with Crippen molar-refractivity contribution in [3.05, 3.63) is 48.4 Å². The number of fused-ring (bicyclic) bond motifs is 2. The molecule has 2 aromatic carbocycles. The Labute approximate surface area is 178 Å². The monoisotopic (exact) mass is 423 g/mol. The summed E-state index contributed by atoms with van der Waals surface area (Å²) in [5.41, 5.74) is 2.04. The van der Waals surface area contributed by atoms with Crippen LogP contribution in [0.4, 0.5) is 26.0 Å². The third kappa shape index (κ3) is 3.65. The second kappa shape index (κ2) is 7.42. The first-order valence-corrected chi connectivity index (χ1v) is 10.2. The van der Waals surface area contributed by atoms with Crippen LogP contribution in [0.3, 0.4) is 0 Å². The first-order valence-electron chi connectivity index (χ1n) is 10.2. The molecule has 7 nitrogen and oxygen atoms in total. The highest BCUT2D eigenvalue weighted by Crippen LogP contribution is 2.31. The van der Waals surface area contributed by atoms with Gasteiger partial charge >= 0.3 is 0 Å². The predicted octanol–water partition coefficient (Wildman–Crippen LogP) is 3.72. The number of anilines is 3. The van der Waals surface area contributed by atoms with Gasteiger partial charge in [-0.25, -0.2) is 18.7 Å². The molecule has 160 valence electrons. The normalized spacial score (nSPS) is 19.3. The second-order valence-corrected chi connectivity index (χ2v) is 8.24. The van der Waals surface area contributed by atoms with Gasteiger partial charge in [0.15, 0.2) is 5.82 Å². The smallest absolute Gasteiger partial charge is 0.153 e. The maximum atomic E-state index is 15.2. The fourth-order valence-corrected chi connectivity index (χ4v) is 4.36. The molecule has 2 aromatic heterocycles. The van der Waals surface area contributed by atoms with Gasteiger partial charge in [-0.2, -0.15) is 5.10 Å². The van der Waals surface area contributed by atoms with E-state index in [2.05, 4.69) is 44.4 Å². The Balaban J connectivity index is 1.53. The molecule has 0 radical (unpaired) electrons. The minimum atomic E-state index is -0.455. The Morgan fingerprint density at radius 2 is 1.81 bits per heavy atom. The van der Waals surface area contributed by atoms with Gasteiger partial charge in [-0.3, -0.25) is 4.68 Å². The van der Waals surface area contributed by atoms with Gasteiger partial charge in [0.05, 0.1) is 10.9 Å². The zero-order chi connectivity index (χ0) is 21.7. The van der Waals surface area contributed by atoms with Crippen molar-refractivity contribution in [3.63, 3.8) is 0 Å². The van der Waals surface area contributed by atoms with Crippen molar-refractivity contribution < 1.29 is 8.78 Å². The third-order valence-electron chi connectivity index (χ3n) is 5.54. The number of hydrogen-bond donors (Lipinski definition) is 2. The molecule has 0 amide bonds. The van der Waals surface area contributed by atoms with Crippen LogP contribution in [0.15, 0.2) is 36.8 Å². The summed E-state index contributed by atoms with van der Waals surface area (Å²) in [6, 6.07) is 7.10. The van der Waals surface area contributed by atoms with Gasteiger partial charge in [-0.1, -0.05) is 0 Å². The molecule has 1 saturated heterocycles. The van der Waals surface area contributed by atoms with E-state index in [9.17, 15) is 4.39 Å². The molecule has 0 unspecified atom stereocenters. The number of aromatic nitrogens is 4. The summed E-state index contributed by atoms with van der Waals surface area (Å²) in [7, 11) is 1.73. The molecule has 0 saturated carbocycles. The first-order chi connectivity index (χ1) is 14.9. The Morgan fingerprint density at radius 1 is 1.03 bits per heavy atom. The molecule has 5 rings (SSSR count). The standard InChI is InChI=1S/C22H23F2N7/c1-12-8-31(9-13(2)27-12)16-6-17(23)20-19(7-16)25-11-26-22(20)28-15-4-14-10-30(3)29-21(14)18(24)5-15/h4-7,10-13,27H,8-9H2,1-3H3,(H,25,26,28)/t12-,13-/m1/s1. The SMILES string of the molecule is C[C@@H]1CN(c2cc(F)c3c(Nc4cc(F)c5nn(C)cc5c4)ncnc3c2)C[C@@H](C)N1. The summed E-state index contributed by atoms with van der Waals surface area (Å²) in [6.45, 7) is 5.80. The van der Waals surface area contributed by atoms with E-state index < -0.39 is 11.6 Å². The fraction of sp³-hybridized carbons (Fsp3) is 0.318. The molecule has 1 fully saturated rings. The van der Waals surface area contributed by atoms with E-state index in [1.165, 1.54) is 18.5 Å². The van der Waals surface area contributed by atoms with Crippen molar-refractivity contribution in [3.8, 4) is 0 Å². The Kier molecular flexibility index (Phi) is 4.70. The molecule has 1 aliphatic rings. The summed E-state index contributed by atoms with van der Waals surface area (Å²) in [5, 5.41) is 11.6. The van der Waals surface area contributed by atoms with E-state index in [0.717, 1.165) is 18.8 Å². The van der Waals surface area contributed by atoms with Gasteiger partial charge in [0.2, 0.25) is 0 Å². The van der Waals surface area contributed by atoms with Crippen molar-refractivity contribution in [2.45, 2.75) is 25.9 Å². The van der Waals surface area contributed by atoms with Crippen LogP contribution in [0.1, 0.15) is 13.8 Å². The van der Waals surface area contributed by atoms with Gasteiger partial charge < -0.3 is 15.5 Å². The second-order valence-electron chi connectivity index (χ2n) is 8.24. The maximum absolute atomic E-state index is 15.2. The average molecular weight is 423 g/mol. The Bertz CT molecular complexity index is 1280. The van der Waals surface area contributed by atoms with Crippen molar-refractivity contribution in [2.75, 3.05) is 23.3 Å².